The summed E-state index contributed by atoms with van der Waals surface area (Å²) in [4.78, 5) is 12.9. The molecule has 1 aromatic heterocycles. The fourth-order valence-electron chi connectivity index (χ4n) is 2.12. The Kier molecular flexibility index (Phi) is 3.98. The van der Waals surface area contributed by atoms with Crippen LogP contribution in [-0.4, -0.2) is 11.7 Å². The Morgan fingerprint density at radius 2 is 2.06 bits per heavy atom. The second-order valence-corrected chi connectivity index (χ2v) is 7.03. The van der Waals surface area contributed by atoms with Gasteiger partial charge in [-0.3, -0.25) is 4.79 Å². The molecule has 0 radical (unpaired) electrons. The van der Waals surface area contributed by atoms with Crippen LogP contribution in [0.2, 0.25) is 0 Å². The minimum absolute atomic E-state index is 0.106. The molecule has 0 unspecified atom stereocenters. The molecule has 0 N–H and O–H groups in total. The second kappa shape index (κ2) is 5.14. The molecule has 2 rings (SSSR count). The van der Waals surface area contributed by atoms with Crippen LogP contribution >= 0.6 is 27.3 Å². The van der Waals surface area contributed by atoms with Gasteiger partial charge >= 0.3 is 0 Å². The molecule has 17 heavy (non-hydrogen) atoms. The van der Waals surface area contributed by atoms with Crippen molar-refractivity contribution in [3.05, 3.63) is 20.8 Å². The van der Waals surface area contributed by atoms with Gasteiger partial charge in [0.1, 0.15) is 5.78 Å². The SMILES string of the molecule is O=C(Cc1ccc(Br)s1)C1CCC(F)(F)CC1. The molecule has 1 aliphatic carbocycles. The Morgan fingerprint density at radius 3 is 2.59 bits per heavy atom. The molecule has 94 valence electrons. The summed E-state index contributed by atoms with van der Waals surface area (Å²) < 4.78 is 26.9. The topological polar surface area (TPSA) is 17.1 Å². The number of Topliss-reactive ketones (excluding diaryl/α,β-unsaturated/α-hetero) is 1. The summed E-state index contributed by atoms with van der Waals surface area (Å²) in [5, 5.41) is 0. The standard InChI is InChI=1S/C12H13BrF2OS/c13-11-2-1-9(17-11)7-10(16)8-3-5-12(14,15)6-4-8/h1-2,8H,3-7H2. The van der Waals surface area contributed by atoms with E-state index in [1.165, 1.54) is 11.3 Å². The van der Waals surface area contributed by atoms with E-state index in [9.17, 15) is 13.6 Å². The van der Waals surface area contributed by atoms with Gasteiger partial charge in [-0.15, -0.1) is 11.3 Å². The zero-order chi connectivity index (χ0) is 12.5. The van der Waals surface area contributed by atoms with E-state index in [2.05, 4.69) is 15.9 Å². The summed E-state index contributed by atoms with van der Waals surface area (Å²) >= 11 is 4.87. The van der Waals surface area contributed by atoms with Crippen LogP contribution in [0.1, 0.15) is 30.6 Å². The van der Waals surface area contributed by atoms with Gasteiger partial charge in [-0.1, -0.05) is 0 Å². The van der Waals surface area contributed by atoms with E-state index in [-0.39, 0.29) is 24.5 Å². The Labute approximate surface area is 111 Å². The average Bonchev–Trinajstić information content (AvgIpc) is 2.63. The first-order chi connectivity index (χ1) is 7.96. The van der Waals surface area contributed by atoms with Crippen molar-refractivity contribution >= 4 is 33.0 Å². The van der Waals surface area contributed by atoms with Crippen LogP contribution in [0, 0.1) is 5.92 Å². The van der Waals surface area contributed by atoms with Gasteiger partial charge in [0.2, 0.25) is 5.92 Å². The van der Waals surface area contributed by atoms with Gasteiger partial charge in [0.05, 0.1) is 3.79 Å². The highest BCUT2D eigenvalue weighted by Gasteiger charge is 2.37. The lowest BCUT2D eigenvalue weighted by molar-refractivity contribution is -0.126. The van der Waals surface area contributed by atoms with Crippen molar-refractivity contribution in [1.29, 1.82) is 0 Å². The number of hydrogen-bond donors (Lipinski definition) is 0. The van der Waals surface area contributed by atoms with Gasteiger partial charge in [-0.05, 0) is 40.9 Å². The van der Waals surface area contributed by atoms with E-state index in [0.717, 1.165) is 8.66 Å². The van der Waals surface area contributed by atoms with E-state index < -0.39 is 5.92 Å². The number of carbonyl (C=O) groups is 1. The second-order valence-electron chi connectivity index (χ2n) is 4.48. The molecule has 0 aromatic carbocycles. The molecule has 1 heterocycles. The zero-order valence-electron chi connectivity index (χ0n) is 9.22. The maximum atomic E-state index is 13.0. The molecule has 5 heteroatoms. The maximum absolute atomic E-state index is 13.0. The number of hydrogen-bond acceptors (Lipinski definition) is 2. The van der Waals surface area contributed by atoms with Crippen LogP contribution in [0.4, 0.5) is 8.78 Å². The minimum atomic E-state index is -2.55. The predicted molar refractivity (Wildman–Crippen MR) is 67.6 cm³/mol. The first-order valence-corrected chi connectivity index (χ1v) is 7.22. The third kappa shape index (κ3) is 3.58. The lowest BCUT2D eigenvalue weighted by atomic mass is 9.83. The molecule has 0 aliphatic heterocycles. The van der Waals surface area contributed by atoms with Crippen LogP contribution in [0.15, 0.2) is 15.9 Å². The predicted octanol–water partition coefficient (Wildman–Crippen LogP) is 4.45. The Bertz CT molecular complexity index is 406. The van der Waals surface area contributed by atoms with Gasteiger partial charge in [-0.25, -0.2) is 8.78 Å². The monoisotopic (exact) mass is 322 g/mol. The number of ketones is 1. The van der Waals surface area contributed by atoms with Crippen molar-refractivity contribution in [2.75, 3.05) is 0 Å². The Morgan fingerprint density at radius 1 is 1.41 bits per heavy atom. The van der Waals surface area contributed by atoms with E-state index in [4.69, 9.17) is 0 Å². The molecule has 0 spiro atoms. The first-order valence-electron chi connectivity index (χ1n) is 5.61. The fourth-order valence-corrected chi connectivity index (χ4v) is 3.62. The van der Waals surface area contributed by atoms with Gasteiger partial charge in [0.15, 0.2) is 0 Å². The lowest BCUT2D eigenvalue weighted by Crippen LogP contribution is -2.29. The van der Waals surface area contributed by atoms with Gasteiger partial charge in [0.25, 0.3) is 0 Å². The molecule has 0 bridgehead atoms. The molecule has 0 atom stereocenters. The number of thiophene rings is 1. The van der Waals surface area contributed by atoms with Crippen LogP contribution < -0.4 is 0 Å². The van der Waals surface area contributed by atoms with Crippen LogP contribution in [0.5, 0.6) is 0 Å². The van der Waals surface area contributed by atoms with E-state index in [1.807, 2.05) is 12.1 Å². The third-order valence-corrected chi connectivity index (χ3v) is 4.77. The Hall–Kier alpha value is -0.290. The zero-order valence-corrected chi connectivity index (χ0v) is 11.6. The summed E-state index contributed by atoms with van der Waals surface area (Å²) in [5.41, 5.74) is 0. The van der Waals surface area contributed by atoms with Crippen molar-refractivity contribution in [2.45, 2.75) is 38.0 Å². The summed E-state index contributed by atoms with van der Waals surface area (Å²) in [6.07, 6.45) is 0.762. The molecule has 1 nitrogen and oxygen atoms in total. The highest BCUT2D eigenvalue weighted by Crippen LogP contribution is 2.37. The smallest absolute Gasteiger partial charge is 0.248 e. The number of carbonyl (C=O) groups excluding carboxylic acids is 1. The van der Waals surface area contributed by atoms with Crippen LogP contribution in [0.3, 0.4) is 0 Å². The molecule has 1 aliphatic rings. The average molecular weight is 323 g/mol. The highest BCUT2D eigenvalue weighted by atomic mass is 79.9. The van der Waals surface area contributed by atoms with Crippen molar-refractivity contribution in [3.63, 3.8) is 0 Å². The normalized spacial score (nSPS) is 20.4. The summed E-state index contributed by atoms with van der Waals surface area (Å²) in [6.45, 7) is 0. The summed E-state index contributed by atoms with van der Waals surface area (Å²) in [7, 11) is 0. The molecule has 1 saturated carbocycles. The van der Waals surface area contributed by atoms with Crippen LogP contribution in [-0.2, 0) is 11.2 Å². The highest BCUT2D eigenvalue weighted by molar-refractivity contribution is 9.11. The number of halogens is 3. The largest absolute Gasteiger partial charge is 0.299 e. The van der Waals surface area contributed by atoms with Crippen molar-refractivity contribution in [3.8, 4) is 0 Å². The molecule has 1 aromatic rings. The van der Waals surface area contributed by atoms with Crippen molar-refractivity contribution in [1.82, 2.24) is 0 Å². The van der Waals surface area contributed by atoms with E-state index in [1.54, 1.807) is 0 Å². The molecule has 1 fully saturated rings. The molecule has 0 saturated heterocycles. The molecular formula is C12H13BrF2OS. The van der Waals surface area contributed by atoms with Crippen molar-refractivity contribution < 1.29 is 13.6 Å². The maximum Gasteiger partial charge on any atom is 0.248 e. The fraction of sp³-hybridized carbons (Fsp3) is 0.583. The minimum Gasteiger partial charge on any atom is -0.299 e. The summed E-state index contributed by atoms with van der Waals surface area (Å²) in [6, 6.07) is 3.81. The van der Waals surface area contributed by atoms with Gasteiger partial charge in [0, 0.05) is 30.1 Å². The number of rotatable bonds is 3. The van der Waals surface area contributed by atoms with Crippen LogP contribution in [0.25, 0.3) is 0 Å². The summed E-state index contributed by atoms with van der Waals surface area (Å²) in [5.74, 6) is -2.62. The first kappa shape index (κ1) is 13.1. The van der Waals surface area contributed by atoms with E-state index in [0.29, 0.717) is 19.3 Å². The van der Waals surface area contributed by atoms with Gasteiger partial charge < -0.3 is 0 Å². The number of alkyl halides is 2. The quantitative estimate of drug-likeness (QED) is 0.803. The van der Waals surface area contributed by atoms with Crippen molar-refractivity contribution in [2.24, 2.45) is 5.92 Å². The Balaban J connectivity index is 1.89. The van der Waals surface area contributed by atoms with E-state index >= 15 is 0 Å². The molecular weight excluding hydrogens is 310 g/mol. The van der Waals surface area contributed by atoms with Gasteiger partial charge in [-0.2, -0.15) is 0 Å². The third-order valence-electron chi connectivity index (χ3n) is 3.15. The molecule has 0 amide bonds. The lowest BCUT2D eigenvalue weighted by Gasteiger charge is -2.27.